The number of hydrogen-bond acceptors (Lipinski definition) is 6. The van der Waals surface area contributed by atoms with Crippen LogP contribution >= 0.6 is 11.8 Å². The van der Waals surface area contributed by atoms with Crippen LogP contribution < -0.4 is 10.2 Å². The summed E-state index contributed by atoms with van der Waals surface area (Å²) in [5.74, 6) is 0.802. The average molecular weight is 464 g/mol. The van der Waals surface area contributed by atoms with Crippen LogP contribution in [0, 0.1) is 0 Å². The zero-order chi connectivity index (χ0) is 22.6. The minimum atomic E-state index is -0.311. The Kier molecular flexibility index (Phi) is 6.64. The molecule has 0 spiro atoms. The number of nitrogens with one attached hydrogen (secondary N) is 1. The first-order chi connectivity index (χ1) is 16.2. The van der Waals surface area contributed by atoms with Crippen molar-refractivity contribution in [2.75, 3.05) is 36.5 Å². The highest BCUT2D eigenvalue weighted by molar-refractivity contribution is 8.00. The number of hydrogen-bond donors (Lipinski definition) is 1. The molecule has 0 unspecified atom stereocenters. The third-order valence-corrected chi connectivity index (χ3v) is 7.27. The van der Waals surface area contributed by atoms with E-state index in [0.717, 1.165) is 42.7 Å². The molecule has 7 nitrogen and oxygen atoms in total. The lowest BCUT2D eigenvalue weighted by molar-refractivity contribution is -0.115. The lowest BCUT2D eigenvalue weighted by Gasteiger charge is -2.28. The second kappa shape index (κ2) is 9.97. The van der Waals surface area contributed by atoms with Crippen molar-refractivity contribution < 1.29 is 9.53 Å². The Morgan fingerprint density at radius 2 is 1.88 bits per heavy atom. The number of morpholine rings is 1. The van der Waals surface area contributed by atoms with E-state index < -0.39 is 0 Å². The van der Waals surface area contributed by atoms with Gasteiger partial charge >= 0.3 is 0 Å². The number of fused-ring (bicyclic) bond motifs is 1. The molecule has 1 aliphatic heterocycles. The maximum atomic E-state index is 13.0. The summed E-state index contributed by atoms with van der Waals surface area (Å²) in [6.45, 7) is 5.50. The number of thioether (sulfide) groups is 1. The van der Waals surface area contributed by atoms with Gasteiger partial charge in [0, 0.05) is 18.8 Å². The minimum Gasteiger partial charge on any atom is -0.378 e. The van der Waals surface area contributed by atoms with Gasteiger partial charge in [-0.25, -0.2) is 0 Å². The standard InChI is InChI=1S/C25H29N5O2S/c1-18(23(31)26-22-11-10-20-8-5-9-21(20)16-22)33-25-28-27-24(29-12-14-32-15-13-29)30(25)17-19-6-3-2-4-7-19/h2-4,6-7,10-11,16,18H,5,8-9,12-15,17H2,1H3,(H,26,31)/t18-/m1/s1. The van der Waals surface area contributed by atoms with E-state index in [2.05, 4.69) is 49.2 Å². The highest BCUT2D eigenvalue weighted by Gasteiger charge is 2.24. The third-order valence-electron chi connectivity index (χ3n) is 6.19. The molecular formula is C25H29N5O2S. The summed E-state index contributed by atoms with van der Waals surface area (Å²) in [6.07, 6.45) is 3.43. The van der Waals surface area contributed by atoms with Crippen LogP contribution in [-0.4, -0.2) is 52.2 Å². The largest absolute Gasteiger partial charge is 0.378 e. The van der Waals surface area contributed by atoms with E-state index in [9.17, 15) is 4.79 Å². The van der Waals surface area contributed by atoms with Gasteiger partial charge < -0.3 is 15.0 Å². The summed E-state index contributed by atoms with van der Waals surface area (Å²) in [5.41, 5.74) is 4.79. The molecule has 2 aliphatic rings. The normalized spacial score (nSPS) is 16.5. The molecule has 172 valence electrons. The van der Waals surface area contributed by atoms with E-state index in [1.165, 1.54) is 34.9 Å². The molecule has 8 heteroatoms. The zero-order valence-corrected chi connectivity index (χ0v) is 19.7. The van der Waals surface area contributed by atoms with Gasteiger partial charge in [0.1, 0.15) is 0 Å². The molecule has 1 aliphatic carbocycles. The number of ether oxygens (including phenoxy) is 1. The van der Waals surface area contributed by atoms with Crippen LogP contribution in [0.1, 0.15) is 30.0 Å². The van der Waals surface area contributed by atoms with Crippen LogP contribution in [0.5, 0.6) is 0 Å². The Morgan fingerprint density at radius 3 is 2.70 bits per heavy atom. The first-order valence-electron chi connectivity index (χ1n) is 11.6. The molecule has 2 heterocycles. The second-order valence-electron chi connectivity index (χ2n) is 8.54. The van der Waals surface area contributed by atoms with Crippen LogP contribution in [0.2, 0.25) is 0 Å². The second-order valence-corrected chi connectivity index (χ2v) is 9.85. The molecule has 0 saturated carbocycles. The van der Waals surface area contributed by atoms with Crippen LogP contribution in [0.3, 0.4) is 0 Å². The minimum absolute atomic E-state index is 0.0277. The van der Waals surface area contributed by atoms with E-state index in [1.807, 2.05) is 31.2 Å². The van der Waals surface area contributed by atoms with Gasteiger partial charge in [-0.3, -0.25) is 9.36 Å². The van der Waals surface area contributed by atoms with Crippen molar-refractivity contribution in [3.05, 3.63) is 65.2 Å². The summed E-state index contributed by atoms with van der Waals surface area (Å²) >= 11 is 1.45. The van der Waals surface area contributed by atoms with Crippen molar-refractivity contribution in [3.63, 3.8) is 0 Å². The summed E-state index contributed by atoms with van der Waals surface area (Å²) in [5, 5.41) is 12.5. The van der Waals surface area contributed by atoms with Crippen molar-refractivity contribution >= 4 is 29.3 Å². The quantitative estimate of drug-likeness (QED) is 0.538. The zero-order valence-electron chi connectivity index (χ0n) is 18.9. The molecule has 2 aromatic carbocycles. The Morgan fingerprint density at radius 1 is 1.09 bits per heavy atom. The molecular weight excluding hydrogens is 434 g/mol. The summed E-state index contributed by atoms with van der Waals surface area (Å²) in [4.78, 5) is 15.2. The molecule has 0 bridgehead atoms. The van der Waals surface area contributed by atoms with Crippen LogP contribution in [-0.2, 0) is 28.9 Å². The maximum absolute atomic E-state index is 13.0. The molecule has 5 rings (SSSR count). The summed E-state index contributed by atoms with van der Waals surface area (Å²) in [6, 6.07) is 16.5. The Labute approximate surface area is 198 Å². The van der Waals surface area contributed by atoms with Crippen molar-refractivity contribution in [2.24, 2.45) is 0 Å². The number of carbonyl (C=O) groups is 1. The van der Waals surface area contributed by atoms with Crippen LogP contribution in [0.4, 0.5) is 11.6 Å². The predicted molar refractivity (Wildman–Crippen MR) is 131 cm³/mol. The monoisotopic (exact) mass is 463 g/mol. The highest BCUT2D eigenvalue weighted by atomic mass is 32.2. The average Bonchev–Trinajstić information content (AvgIpc) is 3.47. The number of aryl methyl sites for hydroxylation is 2. The van der Waals surface area contributed by atoms with E-state index in [-0.39, 0.29) is 11.2 Å². The molecule has 1 atom stereocenters. The maximum Gasteiger partial charge on any atom is 0.237 e. The van der Waals surface area contributed by atoms with Gasteiger partial charge in [0.25, 0.3) is 0 Å². The third kappa shape index (κ3) is 5.07. The van der Waals surface area contributed by atoms with Gasteiger partial charge in [0.2, 0.25) is 11.9 Å². The van der Waals surface area contributed by atoms with Gasteiger partial charge in [-0.2, -0.15) is 0 Å². The number of amides is 1. The topological polar surface area (TPSA) is 72.3 Å². The fourth-order valence-electron chi connectivity index (χ4n) is 4.37. The number of nitrogens with zero attached hydrogens (tertiary/aromatic N) is 4. The molecule has 1 saturated heterocycles. The molecule has 1 amide bonds. The van der Waals surface area contributed by atoms with Crippen molar-refractivity contribution in [3.8, 4) is 0 Å². The number of benzene rings is 2. The number of carbonyl (C=O) groups excluding carboxylic acids is 1. The lowest BCUT2D eigenvalue weighted by Crippen LogP contribution is -2.38. The Bertz CT molecular complexity index is 1110. The van der Waals surface area contributed by atoms with Crippen LogP contribution in [0.25, 0.3) is 0 Å². The number of anilines is 2. The lowest BCUT2D eigenvalue weighted by atomic mass is 10.1. The number of aromatic nitrogens is 3. The summed E-state index contributed by atoms with van der Waals surface area (Å²) < 4.78 is 7.62. The van der Waals surface area contributed by atoms with E-state index in [4.69, 9.17) is 4.74 Å². The van der Waals surface area contributed by atoms with E-state index in [1.54, 1.807) is 0 Å². The highest BCUT2D eigenvalue weighted by Crippen LogP contribution is 2.29. The van der Waals surface area contributed by atoms with Gasteiger partial charge in [-0.15, -0.1) is 10.2 Å². The van der Waals surface area contributed by atoms with Gasteiger partial charge in [-0.05, 0) is 55.0 Å². The van der Waals surface area contributed by atoms with Gasteiger partial charge in [0.15, 0.2) is 5.16 Å². The SMILES string of the molecule is C[C@@H](Sc1nnc(N2CCOCC2)n1Cc1ccccc1)C(=O)Nc1ccc2c(c1)CCC2. The summed E-state index contributed by atoms with van der Waals surface area (Å²) in [7, 11) is 0. The molecule has 1 fully saturated rings. The Hall–Kier alpha value is -2.84. The van der Waals surface area contributed by atoms with Gasteiger partial charge in [0.05, 0.1) is 25.0 Å². The van der Waals surface area contributed by atoms with E-state index in [0.29, 0.717) is 19.8 Å². The van der Waals surface area contributed by atoms with Crippen molar-refractivity contribution in [1.82, 2.24) is 14.8 Å². The van der Waals surface area contributed by atoms with Crippen LogP contribution in [0.15, 0.2) is 53.7 Å². The smallest absolute Gasteiger partial charge is 0.237 e. The fraction of sp³-hybridized carbons (Fsp3) is 0.400. The van der Waals surface area contributed by atoms with E-state index >= 15 is 0 Å². The molecule has 33 heavy (non-hydrogen) atoms. The first kappa shape index (κ1) is 22.0. The first-order valence-corrected chi connectivity index (χ1v) is 12.4. The fourth-order valence-corrected chi connectivity index (χ4v) is 5.22. The molecule has 1 N–H and O–H groups in total. The van der Waals surface area contributed by atoms with Crippen molar-refractivity contribution in [2.45, 2.75) is 43.1 Å². The predicted octanol–water partition coefficient (Wildman–Crippen LogP) is 3.77. The number of rotatable bonds is 7. The Balaban J connectivity index is 1.33. The molecule has 0 radical (unpaired) electrons. The van der Waals surface area contributed by atoms with Crippen molar-refractivity contribution in [1.29, 1.82) is 0 Å². The molecule has 3 aromatic rings. The molecule has 1 aromatic heterocycles. The van der Waals surface area contributed by atoms with Gasteiger partial charge in [-0.1, -0.05) is 48.2 Å².